The molecule has 2 aliphatic rings. The van der Waals surface area contributed by atoms with Crippen molar-refractivity contribution in [1.29, 1.82) is 0 Å². The van der Waals surface area contributed by atoms with Crippen LogP contribution in [0, 0.1) is 12.8 Å². The van der Waals surface area contributed by atoms with Crippen molar-refractivity contribution in [2.75, 3.05) is 5.32 Å². The van der Waals surface area contributed by atoms with Crippen molar-refractivity contribution in [2.45, 2.75) is 43.4 Å². The lowest BCUT2D eigenvalue weighted by Crippen LogP contribution is -2.47. The van der Waals surface area contributed by atoms with E-state index in [1.54, 1.807) is 40.9 Å². The van der Waals surface area contributed by atoms with Gasteiger partial charge in [0, 0.05) is 30.3 Å². The van der Waals surface area contributed by atoms with Crippen LogP contribution in [-0.2, 0) is 5.41 Å². The number of aryl methyl sites for hydroxylation is 1. The molecule has 2 saturated carbocycles. The topological polar surface area (TPSA) is 85.3 Å². The molecule has 4 aromatic rings. The molecule has 1 aromatic carbocycles. The number of amides is 1. The van der Waals surface area contributed by atoms with Gasteiger partial charge in [0.1, 0.15) is 11.3 Å². The lowest BCUT2D eigenvalue weighted by atomic mass is 9.83. The highest BCUT2D eigenvalue weighted by Crippen LogP contribution is 2.68. The number of aromatic nitrogens is 4. The summed E-state index contributed by atoms with van der Waals surface area (Å²) in [6, 6.07) is 10.5. The largest absolute Gasteiger partial charge is 0.338 e. The summed E-state index contributed by atoms with van der Waals surface area (Å²) >= 11 is 0. The fourth-order valence-corrected chi connectivity index (χ4v) is 4.91. The summed E-state index contributed by atoms with van der Waals surface area (Å²) in [5, 5.41) is 6.77. The van der Waals surface area contributed by atoms with Crippen molar-refractivity contribution < 1.29 is 26.9 Å². The van der Waals surface area contributed by atoms with Gasteiger partial charge in [-0.1, -0.05) is 23.4 Å². The van der Waals surface area contributed by atoms with Gasteiger partial charge < -0.3 is 9.84 Å². The van der Waals surface area contributed by atoms with Gasteiger partial charge >= 0.3 is 11.8 Å². The molecule has 0 radical (unpaired) electrons. The van der Waals surface area contributed by atoms with Gasteiger partial charge in [0.15, 0.2) is 0 Å². The van der Waals surface area contributed by atoms with E-state index < -0.39 is 36.0 Å². The molecular formula is C24H19F4N5O2. The fourth-order valence-electron chi connectivity index (χ4n) is 4.91. The highest BCUT2D eigenvalue weighted by Gasteiger charge is 2.75. The molecule has 2 fully saturated rings. The van der Waals surface area contributed by atoms with E-state index in [0.717, 1.165) is 5.56 Å². The number of fused-ring (bicyclic) bond motifs is 2. The third-order valence-electron chi connectivity index (χ3n) is 7.05. The normalized spacial score (nSPS) is 24.2. The Balaban J connectivity index is 1.26. The molecule has 180 valence electrons. The summed E-state index contributed by atoms with van der Waals surface area (Å²) in [7, 11) is 0. The first-order valence-electron chi connectivity index (χ1n) is 11.0. The third kappa shape index (κ3) is 3.32. The summed E-state index contributed by atoms with van der Waals surface area (Å²) in [5.41, 5.74) is 1.51. The minimum atomic E-state index is -4.13. The fraction of sp³-hybridized carbons (Fsp3) is 0.333. The van der Waals surface area contributed by atoms with Gasteiger partial charge in [0.2, 0.25) is 11.7 Å². The molecule has 11 heteroatoms. The van der Waals surface area contributed by atoms with E-state index in [9.17, 15) is 22.4 Å². The number of hydrogen-bond donors (Lipinski definition) is 1. The van der Waals surface area contributed by atoms with Crippen molar-refractivity contribution >= 4 is 17.2 Å². The Bertz CT molecular complexity index is 1480. The molecule has 3 heterocycles. The number of hydrogen-bond acceptors (Lipinski definition) is 5. The average Bonchev–Trinajstić information content (AvgIpc) is 3.18. The Morgan fingerprint density at radius 2 is 1.97 bits per heavy atom. The standard InChI is InChI=1S/C24H19F4N5O2/c1-13-5-6-14(8-16(13)30-20(34)17-11-29-18-4-2-3-7-33(17)18)19-31-21(35-32-19)22-9-15(22)10-23(25,26)24(27,28)12-22/h2-8,11,15H,9-10,12H2,1H3,(H,30,34)/t15-,22?/m0/s1. The minimum Gasteiger partial charge on any atom is -0.338 e. The number of carbonyl (C=O) groups is 1. The molecule has 0 spiro atoms. The van der Waals surface area contributed by atoms with Crippen LogP contribution in [0.2, 0.25) is 0 Å². The van der Waals surface area contributed by atoms with Crippen molar-refractivity contribution in [3.05, 3.63) is 65.9 Å². The predicted octanol–water partition coefficient (Wildman–Crippen LogP) is 5.27. The quantitative estimate of drug-likeness (QED) is 0.398. The maximum Gasteiger partial charge on any atom is 0.311 e. The van der Waals surface area contributed by atoms with Crippen LogP contribution in [0.15, 0.2) is 53.3 Å². The predicted molar refractivity (Wildman–Crippen MR) is 117 cm³/mol. The first-order chi connectivity index (χ1) is 16.6. The van der Waals surface area contributed by atoms with E-state index in [1.807, 2.05) is 13.0 Å². The molecule has 1 N–H and O–H groups in total. The molecule has 3 aromatic heterocycles. The van der Waals surface area contributed by atoms with Gasteiger partial charge in [0.05, 0.1) is 11.6 Å². The smallest absolute Gasteiger partial charge is 0.311 e. The van der Waals surface area contributed by atoms with Crippen LogP contribution in [0.25, 0.3) is 17.0 Å². The lowest BCUT2D eigenvalue weighted by molar-refractivity contribution is -0.234. The molecule has 0 aliphatic heterocycles. The minimum absolute atomic E-state index is 0.0513. The number of alkyl halides is 4. The summed E-state index contributed by atoms with van der Waals surface area (Å²) < 4.78 is 62.5. The first kappa shape index (κ1) is 21.8. The molecular weight excluding hydrogens is 466 g/mol. The van der Waals surface area contributed by atoms with E-state index in [2.05, 4.69) is 20.4 Å². The van der Waals surface area contributed by atoms with Crippen molar-refractivity contribution in [2.24, 2.45) is 5.92 Å². The van der Waals surface area contributed by atoms with Gasteiger partial charge in [-0.15, -0.1) is 0 Å². The number of anilines is 1. The number of benzene rings is 1. The Morgan fingerprint density at radius 1 is 1.14 bits per heavy atom. The Morgan fingerprint density at radius 3 is 2.80 bits per heavy atom. The molecule has 1 amide bonds. The summed E-state index contributed by atoms with van der Waals surface area (Å²) in [6.07, 6.45) is 1.45. The molecule has 35 heavy (non-hydrogen) atoms. The van der Waals surface area contributed by atoms with Crippen LogP contribution in [0.3, 0.4) is 0 Å². The van der Waals surface area contributed by atoms with Crippen LogP contribution in [0.5, 0.6) is 0 Å². The highest BCUT2D eigenvalue weighted by molar-refractivity contribution is 6.04. The maximum absolute atomic E-state index is 14.1. The van der Waals surface area contributed by atoms with Crippen LogP contribution >= 0.6 is 0 Å². The van der Waals surface area contributed by atoms with Gasteiger partial charge in [-0.3, -0.25) is 9.20 Å². The van der Waals surface area contributed by atoms with E-state index in [-0.39, 0.29) is 24.0 Å². The van der Waals surface area contributed by atoms with Crippen LogP contribution in [0.1, 0.15) is 41.2 Å². The highest BCUT2D eigenvalue weighted by atomic mass is 19.3. The van der Waals surface area contributed by atoms with Gasteiger partial charge in [-0.2, -0.15) is 22.5 Å². The van der Waals surface area contributed by atoms with Gasteiger partial charge in [0.25, 0.3) is 5.91 Å². The molecule has 0 bridgehead atoms. The zero-order chi connectivity index (χ0) is 24.6. The van der Waals surface area contributed by atoms with E-state index >= 15 is 0 Å². The molecule has 2 atom stereocenters. The molecule has 1 unspecified atom stereocenters. The monoisotopic (exact) mass is 485 g/mol. The van der Waals surface area contributed by atoms with Crippen LogP contribution in [0.4, 0.5) is 23.2 Å². The summed E-state index contributed by atoms with van der Waals surface area (Å²) in [5.74, 6) is -9.08. The number of nitrogens with one attached hydrogen (secondary N) is 1. The van der Waals surface area contributed by atoms with Crippen molar-refractivity contribution in [1.82, 2.24) is 19.5 Å². The van der Waals surface area contributed by atoms with E-state index in [0.29, 0.717) is 22.6 Å². The van der Waals surface area contributed by atoms with Gasteiger partial charge in [-0.25, -0.2) is 4.98 Å². The Hall–Kier alpha value is -3.76. The van der Waals surface area contributed by atoms with Crippen LogP contribution in [-0.4, -0.2) is 37.3 Å². The lowest BCUT2D eigenvalue weighted by Gasteiger charge is -2.33. The maximum atomic E-state index is 14.1. The van der Waals surface area contributed by atoms with Crippen LogP contribution < -0.4 is 5.32 Å². The second-order valence-electron chi connectivity index (χ2n) is 9.33. The number of halogens is 4. The number of imidazole rings is 1. The Kier molecular flexibility index (Phi) is 4.43. The summed E-state index contributed by atoms with van der Waals surface area (Å²) in [6.45, 7) is 1.81. The number of nitrogens with zero attached hydrogens (tertiary/aromatic N) is 4. The molecule has 7 nitrogen and oxygen atoms in total. The van der Waals surface area contributed by atoms with Crippen molar-refractivity contribution in [3.8, 4) is 11.4 Å². The number of carbonyl (C=O) groups excluding carboxylic acids is 1. The molecule has 0 saturated heterocycles. The zero-order valence-electron chi connectivity index (χ0n) is 18.4. The second kappa shape index (κ2) is 7.12. The molecule has 2 aliphatic carbocycles. The SMILES string of the molecule is Cc1ccc(-c2noc(C34C[C@H]3CC(F)(F)C(F)(F)C4)n2)cc1NC(=O)c1cnc2ccccn12. The third-order valence-corrected chi connectivity index (χ3v) is 7.05. The summed E-state index contributed by atoms with van der Waals surface area (Å²) in [4.78, 5) is 21.4. The van der Waals surface area contributed by atoms with E-state index in [1.165, 1.54) is 6.20 Å². The second-order valence-corrected chi connectivity index (χ2v) is 9.33. The van der Waals surface area contributed by atoms with Crippen molar-refractivity contribution in [3.63, 3.8) is 0 Å². The van der Waals surface area contributed by atoms with Gasteiger partial charge in [-0.05, 0) is 43.0 Å². The van der Waals surface area contributed by atoms with E-state index in [4.69, 9.17) is 4.52 Å². The number of rotatable bonds is 4. The first-order valence-corrected chi connectivity index (χ1v) is 11.0. The average molecular weight is 485 g/mol. The zero-order valence-corrected chi connectivity index (χ0v) is 18.4. The Labute approximate surface area is 196 Å². The number of pyridine rings is 1. The molecule has 6 rings (SSSR count).